The summed E-state index contributed by atoms with van der Waals surface area (Å²) >= 11 is 0. The van der Waals surface area contributed by atoms with Crippen LogP contribution in [0.25, 0.3) is 0 Å². The van der Waals surface area contributed by atoms with E-state index in [0.717, 1.165) is 0 Å². The van der Waals surface area contributed by atoms with Gasteiger partial charge in [-0.3, -0.25) is 9.59 Å². The third kappa shape index (κ3) is 3.15. The van der Waals surface area contributed by atoms with Gasteiger partial charge in [0.1, 0.15) is 0 Å². The molecule has 0 atom stereocenters. The zero-order valence-electron chi connectivity index (χ0n) is 14.9. The minimum absolute atomic E-state index is 0.0733. The fourth-order valence-electron chi connectivity index (χ4n) is 3.13. The smallest absolute Gasteiger partial charge is 0.260 e. The lowest BCUT2D eigenvalue weighted by Crippen LogP contribution is -2.42. The molecule has 2 amide bonds. The molecule has 0 bridgehead atoms. The second-order valence-corrected chi connectivity index (χ2v) is 6.34. The molecule has 0 aliphatic carbocycles. The summed E-state index contributed by atoms with van der Waals surface area (Å²) in [5.74, 6) is -0.149. The summed E-state index contributed by atoms with van der Waals surface area (Å²) in [4.78, 5) is 31.9. The first kappa shape index (κ1) is 17.2. The number of hydrogen-bond donors (Lipinski definition) is 0. The highest BCUT2D eigenvalue weighted by molar-refractivity contribution is 6.20. The molecular formula is C20H23N3O2. The first-order chi connectivity index (χ1) is 12.0. The molecule has 0 N–H and O–H groups in total. The van der Waals surface area contributed by atoms with Crippen molar-refractivity contribution in [3.63, 3.8) is 0 Å². The average Bonchev–Trinajstić information content (AvgIpc) is 2.62. The minimum Gasteiger partial charge on any atom is -0.308 e. The summed E-state index contributed by atoms with van der Waals surface area (Å²) in [5.41, 5.74) is 2.47. The topological polar surface area (TPSA) is 43.9 Å². The molecule has 1 aliphatic rings. The Morgan fingerprint density at radius 2 is 1.28 bits per heavy atom. The van der Waals surface area contributed by atoms with Crippen LogP contribution >= 0.6 is 0 Å². The van der Waals surface area contributed by atoms with Gasteiger partial charge in [-0.15, -0.1) is 0 Å². The predicted molar refractivity (Wildman–Crippen MR) is 100 cm³/mol. The highest BCUT2D eigenvalue weighted by atomic mass is 16.2. The van der Waals surface area contributed by atoms with Crippen molar-refractivity contribution >= 4 is 23.2 Å². The number of carbonyl (C=O) groups is 2. The largest absolute Gasteiger partial charge is 0.308 e. The highest BCUT2D eigenvalue weighted by Crippen LogP contribution is 2.32. The lowest BCUT2D eigenvalue weighted by molar-refractivity contribution is 0.0974. The number of para-hydroxylation sites is 2. The van der Waals surface area contributed by atoms with Gasteiger partial charge in [-0.05, 0) is 45.3 Å². The van der Waals surface area contributed by atoms with Crippen molar-refractivity contribution in [3.05, 3.63) is 59.7 Å². The molecule has 5 nitrogen and oxygen atoms in total. The molecule has 25 heavy (non-hydrogen) atoms. The molecule has 0 radical (unpaired) electrons. The van der Waals surface area contributed by atoms with Gasteiger partial charge in [0.25, 0.3) is 11.8 Å². The molecule has 130 valence electrons. The third-order valence-corrected chi connectivity index (χ3v) is 4.43. The molecule has 0 aromatic heterocycles. The molecule has 1 aliphatic heterocycles. The number of benzene rings is 2. The quantitative estimate of drug-likeness (QED) is 0.862. The first-order valence-electron chi connectivity index (χ1n) is 8.51. The number of rotatable bonds is 4. The number of likely N-dealkylation sites (N-methyl/N-ethyl adjacent to an activating group) is 1. The van der Waals surface area contributed by atoms with Gasteiger partial charge in [0.05, 0.1) is 22.5 Å². The number of nitrogens with zero attached hydrogens (tertiary/aromatic N) is 3. The molecule has 0 unspecified atom stereocenters. The molecule has 2 aromatic carbocycles. The molecule has 0 saturated carbocycles. The van der Waals surface area contributed by atoms with Crippen LogP contribution in [-0.2, 0) is 0 Å². The number of amides is 2. The van der Waals surface area contributed by atoms with Crippen molar-refractivity contribution in [1.82, 2.24) is 4.90 Å². The summed E-state index contributed by atoms with van der Waals surface area (Å²) in [6.45, 7) is 3.67. The second kappa shape index (κ2) is 7.07. The van der Waals surface area contributed by atoms with E-state index in [4.69, 9.17) is 0 Å². The molecule has 3 rings (SSSR count). The Kier molecular flexibility index (Phi) is 4.86. The second-order valence-electron chi connectivity index (χ2n) is 6.34. The predicted octanol–water partition coefficient (Wildman–Crippen LogP) is 2.88. The Morgan fingerprint density at radius 1 is 0.800 bits per heavy atom. The van der Waals surface area contributed by atoms with Gasteiger partial charge in [-0.2, -0.15) is 0 Å². The first-order valence-corrected chi connectivity index (χ1v) is 8.51. The molecule has 0 fully saturated rings. The van der Waals surface area contributed by atoms with Gasteiger partial charge in [-0.1, -0.05) is 24.3 Å². The lowest BCUT2D eigenvalue weighted by atomic mass is 10.0. The van der Waals surface area contributed by atoms with E-state index in [9.17, 15) is 9.59 Å². The van der Waals surface area contributed by atoms with Crippen LogP contribution in [0.5, 0.6) is 0 Å². The van der Waals surface area contributed by atoms with Gasteiger partial charge < -0.3 is 14.7 Å². The van der Waals surface area contributed by atoms with E-state index in [1.54, 1.807) is 21.9 Å². The Balaban J connectivity index is 2.19. The van der Waals surface area contributed by atoms with E-state index in [1.165, 1.54) is 0 Å². The molecule has 1 heterocycles. The van der Waals surface area contributed by atoms with Crippen molar-refractivity contribution in [3.8, 4) is 0 Å². The van der Waals surface area contributed by atoms with E-state index in [-0.39, 0.29) is 11.8 Å². The van der Waals surface area contributed by atoms with Crippen LogP contribution in [0.1, 0.15) is 27.6 Å². The molecule has 0 spiro atoms. The van der Waals surface area contributed by atoms with Crippen LogP contribution in [0.2, 0.25) is 0 Å². The fourth-order valence-corrected chi connectivity index (χ4v) is 3.13. The number of carbonyl (C=O) groups excluding carboxylic acids is 2. The summed E-state index contributed by atoms with van der Waals surface area (Å²) in [7, 11) is 3.94. The van der Waals surface area contributed by atoms with Crippen LogP contribution in [-0.4, -0.2) is 50.4 Å². The van der Waals surface area contributed by atoms with Crippen molar-refractivity contribution < 1.29 is 9.59 Å². The number of hydrogen-bond acceptors (Lipinski definition) is 3. The van der Waals surface area contributed by atoms with Crippen LogP contribution < -0.4 is 9.80 Å². The zero-order chi connectivity index (χ0) is 18.0. The van der Waals surface area contributed by atoms with Crippen molar-refractivity contribution in [2.24, 2.45) is 0 Å². The standard InChI is InChI=1S/C20H23N3O2/c1-4-22-17-11-7-5-9-15(17)20(25)23(14-13-21(2)3)18-12-8-6-10-16(18)19(22)24/h5-12H,4,13-14H2,1-3H3. The van der Waals surface area contributed by atoms with Gasteiger partial charge in [0, 0.05) is 19.6 Å². The maximum absolute atomic E-state index is 13.3. The molecule has 2 aromatic rings. The highest BCUT2D eigenvalue weighted by Gasteiger charge is 2.31. The van der Waals surface area contributed by atoms with Crippen molar-refractivity contribution in [2.75, 3.05) is 43.5 Å². The Hall–Kier alpha value is -2.66. The number of anilines is 2. The van der Waals surface area contributed by atoms with Crippen LogP contribution in [0.15, 0.2) is 48.5 Å². The maximum atomic E-state index is 13.3. The van der Waals surface area contributed by atoms with E-state index in [2.05, 4.69) is 0 Å². The zero-order valence-corrected chi connectivity index (χ0v) is 14.9. The SMILES string of the molecule is CCN1C(=O)c2ccccc2N(CCN(C)C)C(=O)c2ccccc21. The summed E-state index contributed by atoms with van der Waals surface area (Å²) in [6, 6.07) is 14.7. The fraction of sp³-hybridized carbons (Fsp3) is 0.300. The minimum atomic E-state index is -0.0760. The van der Waals surface area contributed by atoms with Gasteiger partial charge in [0.2, 0.25) is 0 Å². The van der Waals surface area contributed by atoms with E-state index >= 15 is 0 Å². The third-order valence-electron chi connectivity index (χ3n) is 4.43. The summed E-state index contributed by atoms with van der Waals surface area (Å²) in [6.07, 6.45) is 0. The summed E-state index contributed by atoms with van der Waals surface area (Å²) < 4.78 is 0. The van der Waals surface area contributed by atoms with Gasteiger partial charge >= 0.3 is 0 Å². The van der Waals surface area contributed by atoms with Crippen molar-refractivity contribution in [1.29, 1.82) is 0 Å². The maximum Gasteiger partial charge on any atom is 0.260 e. The Labute approximate surface area is 148 Å². The van der Waals surface area contributed by atoms with Crippen LogP contribution in [0.4, 0.5) is 11.4 Å². The van der Waals surface area contributed by atoms with E-state index in [1.807, 2.05) is 62.3 Å². The molecule has 5 heteroatoms. The Bertz CT molecular complexity index is 801. The molecular weight excluding hydrogens is 314 g/mol. The van der Waals surface area contributed by atoms with Gasteiger partial charge in [0.15, 0.2) is 0 Å². The normalized spacial score (nSPS) is 14.2. The Morgan fingerprint density at radius 3 is 1.80 bits per heavy atom. The van der Waals surface area contributed by atoms with E-state index in [0.29, 0.717) is 42.1 Å². The summed E-state index contributed by atoms with van der Waals surface area (Å²) in [5, 5.41) is 0. The number of fused-ring (bicyclic) bond motifs is 2. The van der Waals surface area contributed by atoms with E-state index < -0.39 is 0 Å². The average molecular weight is 337 g/mol. The van der Waals surface area contributed by atoms with Crippen molar-refractivity contribution in [2.45, 2.75) is 6.92 Å². The van der Waals surface area contributed by atoms with Crippen LogP contribution in [0, 0.1) is 0 Å². The lowest BCUT2D eigenvalue weighted by Gasteiger charge is -2.33. The van der Waals surface area contributed by atoms with Gasteiger partial charge in [-0.25, -0.2) is 0 Å². The van der Waals surface area contributed by atoms with Crippen LogP contribution in [0.3, 0.4) is 0 Å². The molecule has 0 saturated heterocycles. The monoisotopic (exact) mass is 337 g/mol.